The summed E-state index contributed by atoms with van der Waals surface area (Å²) in [4.78, 5) is 49.3. The van der Waals surface area contributed by atoms with Gasteiger partial charge in [0.1, 0.15) is 25.4 Å². The molecule has 10 nitrogen and oxygen atoms in total. The van der Waals surface area contributed by atoms with Crippen LogP contribution in [0.25, 0.3) is 0 Å². The van der Waals surface area contributed by atoms with Crippen molar-refractivity contribution in [2.75, 3.05) is 13.6 Å². The fourth-order valence-electron chi connectivity index (χ4n) is 3.67. The molecule has 0 radical (unpaired) electrons. The number of hydrazine groups is 1. The van der Waals surface area contributed by atoms with E-state index >= 15 is 0 Å². The fraction of sp³-hybridized carbons (Fsp3) is 0.467. The minimum absolute atomic E-state index is 0.0406. The third kappa shape index (κ3) is 14.9. The van der Waals surface area contributed by atoms with Gasteiger partial charge in [-0.3, -0.25) is 19.8 Å². The molecule has 0 aliphatic heterocycles. The number of rotatable bonds is 15. The molecular weight excluding hydrogens is 514 g/mol. The average molecular weight is 556 g/mol. The van der Waals surface area contributed by atoms with Gasteiger partial charge >= 0.3 is 18.0 Å². The summed E-state index contributed by atoms with van der Waals surface area (Å²) in [7, 11) is 1.55. The van der Waals surface area contributed by atoms with E-state index in [1.165, 1.54) is 5.01 Å². The first-order chi connectivity index (χ1) is 19.0. The smallest absolute Gasteiger partial charge is 0.407 e. The first-order valence-corrected chi connectivity index (χ1v) is 13.4. The standard InChI is InChI=1S/C30H41N3O7/c1-30(2,3)40-29(37)31-25(17-11-12-18-27(35)38-21-23-13-7-5-8-14-23)19-26(34)32-33(4)20-28(36)39-22-24-15-9-6-10-16-24/h5-10,13-16,25H,11-12,17-22H2,1-4H3,(H,31,37)(H,32,34)/t25-/m0/s1. The Hall–Kier alpha value is -3.92. The summed E-state index contributed by atoms with van der Waals surface area (Å²) < 4.78 is 15.9. The molecule has 0 unspecified atom stereocenters. The molecule has 0 aliphatic rings. The minimum Gasteiger partial charge on any atom is -0.461 e. The SMILES string of the molecule is CN(CC(=O)OCc1ccccc1)NC(=O)C[C@H](CCCCC(=O)OCc1ccccc1)NC(=O)OC(C)(C)C. The fourth-order valence-corrected chi connectivity index (χ4v) is 3.67. The van der Waals surface area contributed by atoms with Gasteiger partial charge in [0.2, 0.25) is 5.91 Å². The number of carbonyl (C=O) groups is 4. The van der Waals surface area contributed by atoms with E-state index < -0.39 is 23.7 Å². The maximum absolute atomic E-state index is 12.7. The second-order valence-corrected chi connectivity index (χ2v) is 10.5. The summed E-state index contributed by atoms with van der Waals surface area (Å²) in [6.07, 6.45) is 1.12. The Labute approximate surface area is 236 Å². The highest BCUT2D eigenvalue weighted by molar-refractivity contribution is 5.78. The van der Waals surface area contributed by atoms with Gasteiger partial charge in [-0.15, -0.1) is 0 Å². The second kappa shape index (κ2) is 16.9. The summed E-state index contributed by atoms with van der Waals surface area (Å²) in [5.74, 6) is -1.19. The molecule has 0 aliphatic carbocycles. The highest BCUT2D eigenvalue weighted by Gasteiger charge is 2.22. The zero-order valence-electron chi connectivity index (χ0n) is 23.8. The Kier molecular flexibility index (Phi) is 13.7. The lowest BCUT2D eigenvalue weighted by Crippen LogP contribution is -2.46. The van der Waals surface area contributed by atoms with E-state index in [-0.39, 0.29) is 44.5 Å². The molecule has 0 saturated carbocycles. The van der Waals surface area contributed by atoms with Gasteiger partial charge in [-0.25, -0.2) is 9.80 Å². The first kappa shape index (κ1) is 32.3. The molecule has 0 saturated heterocycles. The molecule has 0 spiro atoms. The quantitative estimate of drug-likeness (QED) is 0.145. The van der Waals surface area contributed by atoms with Crippen LogP contribution in [0.4, 0.5) is 4.79 Å². The molecule has 0 fully saturated rings. The number of carbonyl (C=O) groups excluding carboxylic acids is 4. The lowest BCUT2D eigenvalue weighted by Gasteiger charge is -2.24. The van der Waals surface area contributed by atoms with E-state index in [4.69, 9.17) is 14.2 Å². The van der Waals surface area contributed by atoms with Gasteiger partial charge in [-0.05, 0) is 44.7 Å². The van der Waals surface area contributed by atoms with Gasteiger partial charge in [0, 0.05) is 25.9 Å². The number of nitrogens with zero attached hydrogens (tertiary/aromatic N) is 1. The molecule has 218 valence electrons. The van der Waals surface area contributed by atoms with Crippen molar-refractivity contribution in [3.05, 3.63) is 71.8 Å². The lowest BCUT2D eigenvalue weighted by atomic mass is 10.0. The van der Waals surface area contributed by atoms with Crippen LogP contribution in [0.5, 0.6) is 0 Å². The molecule has 10 heteroatoms. The number of hydrogen-bond donors (Lipinski definition) is 2. The molecule has 0 bridgehead atoms. The van der Waals surface area contributed by atoms with Crippen LogP contribution in [0.2, 0.25) is 0 Å². The topological polar surface area (TPSA) is 123 Å². The lowest BCUT2D eigenvalue weighted by molar-refractivity contribution is -0.147. The number of esters is 2. The van der Waals surface area contributed by atoms with Crippen molar-refractivity contribution in [2.45, 2.75) is 77.7 Å². The van der Waals surface area contributed by atoms with E-state index in [2.05, 4.69) is 10.7 Å². The molecule has 0 heterocycles. The molecule has 2 N–H and O–H groups in total. The first-order valence-electron chi connectivity index (χ1n) is 13.4. The number of nitrogens with one attached hydrogen (secondary N) is 2. The molecular formula is C30H41N3O7. The largest absolute Gasteiger partial charge is 0.461 e. The number of unbranched alkanes of at least 4 members (excludes halogenated alkanes) is 1. The Bertz CT molecular complexity index is 1070. The normalized spacial score (nSPS) is 11.8. The number of likely N-dealkylation sites (N-methyl/N-ethyl adjacent to an activating group) is 1. The Morgan fingerprint density at radius 2 is 1.38 bits per heavy atom. The van der Waals surface area contributed by atoms with E-state index in [0.717, 1.165) is 11.1 Å². The van der Waals surface area contributed by atoms with Gasteiger partial charge in [-0.2, -0.15) is 0 Å². The average Bonchev–Trinajstić information content (AvgIpc) is 2.88. The van der Waals surface area contributed by atoms with Gasteiger partial charge in [0.25, 0.3) is 0 Å². The third-order valence-electron chi connectivity index (χ3n) is 5.50. The van der Waals surface area contributed by atoms with Crippen LogP contribution in [0.1, 0.15) is 64.0 Å². The summed E-state index contributed by atoms with van der Waals surface area (Å²) in [6, 6.07) is 18.2. The number of amides is 2. The number of benzene rings is 2. The maximum atomic E-state index is 12.7. The van der Waals surface area contributed by atoms with Crippen LogP contribution in [0, 0.1) is 0 Å². The van der Waals surface area contributed by atoms with Gasteiger partial charge in [-0.1, -0.05) is 67.1 Å². The van der Waals surface area contributed by atoms with E-state index in [0.29, 0.717) is 19.3 Å². The molecule has 2 rings (SSSR count). The van der Waals surface area contributed by atoms with Crippen molar-refractivity contribution in [1.29, 1.82) is 0 Å². The molecule has 0 aromatic heterocycles. The van der Waals surface area contributed by atoms with Gasteiger partial charge in [0.15, 0.2) is 0 Å². The van der Waals surface area contributed by atoms with E-state index in [1.807, 2.05) is 60.7 Å². The molecule has 1 atom stereocenters. The molecule has 2 aromatic rings. The molecule has 2 aromatic carbocycles. The summed E-state index contributed by atoms with van der Waals surface area (Å²) in [5, 5.41) is 4.08. The van der Waals surface area contributed by atoms with Crippen LogP contribution in [0.3, 0.4) is 0 Å². The molecule has 40 heavy (non-hydrogen) atoms. The number of alkyl carbamates (subject to hydrolysis) is 1. The van der Waals surface area contributed by atoms with Crippen molar-refractivity contribution in [1.82, 2.24) is 15.8 Å². The molecule has 2 amide bonds. The predicted octanol–water partition coefficient (Wildman–Crippen LogP) is 4.28. The monoisotopic (exact) mass is 555 g/mol. The van der Waals surface area contributed by atoms with Crippen molar-refractivity contribution in [3.8, 4) is 0 Å². The zero-order valence-corrected chi connectivity index (χ0v) is 23.8. The third-order valence-corrected chi connectivity index (χ3v) is 5.50. The van der Waals surface area contributed by atoms with Crippen LogP contribution >= 0.6 is 0 Å². The Morgan fingerprint density at radius 1 is 0.825 bits per heavy atom. The van der Waals surface area contributed by atoms with Crippen LogP contribution < -0.4 is 10.7 Å². The van der Waals surface area contributed by atoms with E-state index in [9.17, 15) is 19.2 Å². The van der Waals surface area contributed by atoms with E-state index in [1.54, 1.807) is 27.8 Å². The summed E-state index contributed by atoms with van der Waals surface area (Å²) >= 11 is 0. The van der Waals surface area contributed by atoms with Crippen LogP contribution in [-0.2, 0) is 41.8 Å². The second-order valence-electron chi connectivity index (χ2n) is 10.5. The minimum atomic E-state index is -0.695. The number of hydrogen-bond acceptors (Lipinski definition) is 8. The summed E-state index contributed by atoms with van der Waals surface area (Å²) in [6.45, 7) is 5.47. The van der Waals surface area contributed by atoms with Crippen molar-refractivity contribution >= 4 is 23.9 Å². The van der Waals surface area contributed by atoms with Gasteiger partial charge in [0.05, 0.1) is 0 Å². The van der Waals surface area contributed by atoms with Crippen LogP contribution in [0.15, 0.2) is 60.7 Å². The number of ether oxygens (including phenoxy) is 3. The van der Waals surface area contributed by atoms with Crippen LogP contribution in [-0.4, -0.2) is 54.2 Å². The zero-order chi connectivity index (χ0) is 29.4. The van der Waals surface area contributed by atoms with Gasteiger partial charge < -0.3 is 19.5 Å². The Morgan fingerprint density at radius 3 is 1.93 bits per heavy atom. The predicted molar refractivity (Wildman–Crippen MR) is 149 cm³/mol. The summed E-state index contributed by atoms with van der Waals surface area (Å²) in [5.41, 5.74) is 3.71. The highest BCUT2D eigenvalue weighted by Crippen LogP contribution is 2.12. The Balaban J connectivity index is 1.78. The van der Waals surface area contributed by atoms with Crippen molar-refractivity contribution in [2.24, 2.45) is 0 Å². The van der Waals surface area contributed by atoms with Crippen molar-refractivity contribution < 1.29 is 33.4 Å². The maximum Gasteiger partial charge on any atom is 0.407 e. The van der Waals surface area contributed by atoms with Crippen molar-refractivity contribution in [3.63, 3.8) is 0 Å². The highest BCUT2D eigenvalue weighted by atomic mass is 16.6.